The minimum atomic E-state index is -3.92. The van der Waals surface area contributed by atoms with Crippen molar-refractivity contribution >= 4 is 50.9 Å². The van der Waals surface area contributed by atoms with E-state index < -0.39 is 14.9 Å². The first-order valence-corrected chi connectivity index (χ1v) is 11.5. The normalized spacial score (nSPS) is 15.4. The van der Waals surface area contributed by atoms with E-state index in [2.05, 4.69) is 0 Å². The predicted octanol–water partition coefficient (Wildman–Crippen LogP) is 3.76. The molecule has 31 heavy (non-hydrogen) atoms. The second-order valence-corrected chi connectivity index (χ2v) is 9.66. The van der Waals surface area contributed by atoms with Crippen molar-refractivity contribution in [2.24, 2.45) is 0 Å². The Bertz CT molecular complexity index is 1160. The molecule has 0 atom stereocenters. The molecule has 0 bridgehead atoms. The van der Waals surface area contributed by atoms with Gasteiger partial charge in [-0.2, -0.15) is 4.31 Å². The van der Waals surface area contributed by atoms with Gasteiger partial charge in [-0.05, 0) is 36.3 Å². The van der Waals surface area contributed by atoms with Gasteiger partial charge >= 0.3 is 0 Å². The van der Waals surface area contributed by atoms with E-state index in [1.807, 2.05) is 0 Å². The molecule has 2 aromatic carbocycles. The molecule has 0 aliphatic carbocycles. The van der Waals surface area contributed by atoms with Gasteiger partial charge in [0, 0.05) is 44.4 Å². The molecule has 164 valence electrons. The zero-order chi connectivity index (χ0) is 22.8. The van der Waals surface area contributed by atoms with Crippen LogP contribution in [0.5, 0.6) is 0 Å². The van der Waals surface area contributed by atoms with Crippen LogP contribution in [-0.4, -0.2) is 54.6 Å². The van der Waals surface area contributed by atoms with Gasteiger partial charge in [0.2, 0.25) is 15.9 Å². The lowest BCUT2D eigenvalue weighted by Gasteiger charge is -2.33. The molecule has 1 aliphatic rings. The van der Waals surface area contributed by atoms with Crippen LogP contribution in [0.2, 0.25) is 10.0 Å². The third-order valence-electron chi connectivity index (χ3n) is 4.91. The zero-order valence-corrected chi connectivity index (χ0v) is 18.8. The Kier molecular flexibility index (Phi) is 7.00. The SMILES string of the molecule is Cc1ccc([N+](=O)[O-])cc1S(=O)(=O)N1CCN(C(=O)C=Cc2ccc(Cl)c(Cl)c2)CC1. The van der Waals surface area contributed by atoms with Crippen LogP contribution >= 0.6 is 23.2 Å². The van der Waals surface area contributed by atoms with E-state index in [-0.39, 0.29) is 42.7 Å². The minimum Gasteiger partial charge on any atom is -0.337 e. The summed E-state index contributed by atoms with van der Waals surface area (Å²) in [5.74, 6) is -0.255. The lowest BCUT2D eigenvalue weighted by atomic mass is 10.2. The Balaban J connectivity index is 1.68. The fraction of sp³-hybridized carbons (Fsp3) is 0.250. The monoisotopic (exact) mass is 483 g/mol. The van der Waals surface area contributed by atoms with E-state index in [1.54, 1.807) is 36.1 Å². The van der Waals surface area contributed by atoms with Gasteiger partial charge in [0.25, 0.3) is 5.69 Å². The van der Waals surface area contributed by atoms with Gasteiger partial charge in [0.1, 0.15) is 0 Å². The number of amides is 1. The molecule has 0 aromatic heterocycles. The Labute approximate surface area is 189 Å². The molecule has 11 heteroatoms. The molecule has 2 aromatic rings. The Morgan fingerprint density at radius 2 is 1.74 bits per heavy atom. The van der Waals surface area contributed by atoms with Crippen molar-refractivity contribution in [3.8, 4) is 0 Å². The number of non-ortho nitro benzene ring substituents is 1. The van der Waals surface area contributed by atoms with Gasteiger partial charge in [-0.1, -0.05) is 35.3 Å². The molecule has 0 saturated carbocycles. The number of benzene rings is 2. The summed E-state index contributed by atoms with van der Waals surface area (Å²) in [6, 6.07) is 8.75. The molecule has 1 aliphatic heterocycles. The summed E-state index contributed by atoms with van der Waals surface area (Å²) in [5.41, 5.74) is 0.851. The van der Waals surface area contributed by atoms with E-state index in [0.717, 1.165) is 6.07 Å². The highest BCUT2D eigenvalue weighted by Gasteiger charge is 2.31. The number of carbonyl (C=O) groups excluding carboxylic acids is 1. The number of nitrogens with zero attached hydrogens (tertiary/aromatic N) is 3. The van der Waals surface area contributed by atoms with Crippen molar-refractivity contribution in [3.63, 3.8) is 0 Å². The van der Waals surface area contributed by atoms with Gasteiger partial charge in [0.15, 0.2) is 0 Å². The van der Waals surface area contributed by atoms with Crippen molar-refractivity contribution in [1.82, 2.24) is 9.21 Å². The van der Waals surface area contributed by atoms with Gasteiger partial charge in [-0.3, -0.25) is 14.9 Å². The molecular formula is C20H19Cl2N3O5S. The molecule has 1 heterocycles. The van der Waals surface area contributed by atoms with Gasteiger partial charge in [0.05, 0.1) is 19.9 Å². The van der Waals surface area contributed by atoms with Crippen LogP contribution in [0.4, 0.5) is 5.69 Å². The van der Waals surface area contributed by atoms with E-state index in [1.165, 1.54) is 22.5 Å². The lowest BCUT2D eigenvalue weighted by molar-refractivity contribution is -0.385. The number of aryl methyl sites for hydroxylation is 1. The second kappa shape index (κ2) is 9.35. The van der Waals surface area contributed by atoms with Crippen molar-refractivity contribution in [2.45, 2.75) is 11.8 Å². The summed E-state index contributed by atoms with van der Waals surface area (Å²) in [7, 11) is -3.92. The summed E-state index contributed by atoms with van der Waals surface area (Å²) in [6.45, 7) is 2.19. The fourth-order valence-corrected chi connectivity index (χ4v) is 5.13. The van der Waals surface area contributed by atoms with Crippen LogP contribution in [0.15, 0.2) is 47.4 Å². The smallest absolute Gasteiger partial charge is 0.270 e. The molecule has 3 rings (SSSR count). The number of nitro groups is 1. The zero-order valence-electron chi connectivity index (χ0n) is 16.5. The fourth-order valence-electron chi connectivity index (χ4n) is 3.16. The number of nitro benzene ring substituents is 1. The van der Waals surface area contributed by atoms with Gasteiger partial charge in [-0.15, -0.1) is 0 Å². The van der Waals surface area contributed by atoms with Gasteiger partial charge in [-0.25, -0.2) is 8.42 Å². The van der Waals surface area contributed by atoms with Gasteiger partial charge < -0.3 is 4.90 Å². The van der Waals surface area contributed by atoms with E-state index >= 15 is 0 Å². The van der Waals surface area contributed by atoms with Crippen LogP contribution in [0.25, 0.3) is 6.08 Å². The topological polar surface area (TPSA) is 101 Å². The molecule has 1 amide bonds. The molecule has 1 saturated heterocycles. The number of hydrogen-bond donors (Lipinski definition) is 0. The number of carbonyl (C=O) groups is 1. The largest absolute Gasteiger partial charge is 0.337 e. The quantitative estimate of drug-likeness (QED) is 0.366. The molecule has 0 N–H and O–H groups in total. The highest BCUT2D eigenvalue weighted by atomic mass is 35.5. The van der Waals surface area contributed by atoms with Crippen molar-refractivity contribution in [2.75, 3.05) is 26.2 Å². The van der Waals surface area contributed by atoms with Crippen molar-refractivity contribution in [1.29, 1.82) is 0 Å². The average Bonchev–Trinajstić information content (AvgIpc) is 2.74. The molecule has 8 nitrogen and oxygen atoms in total. The Morgan fingerprint density at radius 3 is 2.35 bits per heavy atom. The van der Waals surface area contributed by atoms with Crippen molar-refractivity contribution in [3.05, 3.63) is 73.8 Å². The first-order chi connectivity index (χ1) is 14.6. The number of hydrogen-bond acceptors (Lipinski definition) is 5. The summed E-state index contributed by atoms with van der Waals surface area (Å²) < 4.78 is 27.2. The molecule has 0 radical (unpaired) electrons. The summed E-state index contributed by atoms with van der Waals surface area (Å²) in [6.07, 6.45) is 3.01. The number of sulfonamides is 1. The highest BCUT2D eigenvalue weighted by molar-refractivity contribution is 7.89. The summed E-state index contributed by atoms with van der Waals surface area (Å²) >= 11 is 11.8. The predicted molar refractivity (Wildman–Crippen MR) is 119 cm³/mol. The maximum atomic E-state index is 13.0. The minimum absolute atomic E-state index is 0.0941. The molecule has 0 spiro atoms. The number of halogens is 2. The molecular weight excluding hydrogens is 465 g/mol. The van der Waals surface area contributed by atoms with Crippen LogP contribution in [0, 0.1) is 17.0 Å². The van der Waals surface area contributed by atoms with E-state index in [0.29, 0.717) is 21.2 Å². The summed E-state index contributed by atoms with van der Waals surface area (Å²) in [4.78, 5) is 24.3. The third-order valence-corrected chi connectivity index (χ3v) is 7.69. The number of piperazine rings is 1. The first kappa shape index (κ1) is 23.2. The lowest BCUT2D eigenvalue weighted by Crippen LogP contribution is -2.50. The molecule has 1 fully saturated rings. The maximum absolute atomic E-state index is 13.0. The van der Waals surface area contributed by atoms with Crippen molar-refractivity contribution < 1.29 is 18.1 Å². The van der Waals surface area contributed by atoms with Crippen LogP contribution in [-0.2, 0) is 14.8 Å². The van der Waals surface area contributed by atoms with Crippen LogP contribution in [0.1, 0.15) is 11.1 Å². The summed E-state index contributed by atoms with van der Waals surface area (Å²) in [5, 5.41) is 11.8. The highest BCUT2D eigenvalue weighted by Crippen LogP contribution is 2.26. The van der Waals surface area contributed by atoms with Crippen LogP contribution in [0.3, 0.4) is 0 Å². The third kappa shape index (κ3) is 5.24. The Hall–Kier alpha value is -2.46. The maximum Gasteiger partial charge on any atom is 0.270 e. The standard InChI is InChI=1S/C20H19Cl2N3O5S/c1-14-2-5-16(25(27)28)13-19(14)31(29,30)24-10-8-23(9-11-24)20(26)7-4-15-3-6-17(21)18(22)12-15/h2-7,12-13H,8-11H2,1H3. The van der Waals surface area contributed by atoms with E-state index in [9.17, 15) is 23.3 Å². The average molecular weight is 484 g/mol. The van der Waals surface area contributed by atoms with Crippen LogP contribution < -0.4 is 0 Å². The van der Waals surface area contributed by atoms with E-state index in [4.69, 9.17) is 23.2 Å². The second-order valence-electron chi connectivity index (χ2n) is 6.94. The number of rotatable bonds is 5. The first-order valence-electron chi connectivity index (χ1n) is 9.27. The molecule has 0 unspecified atom stereocenters. The Morgan fingerprint density at radius 1 is 1.06 bits per heavy atom.